The van der Waals surface area contributed by atoms with Crippen LogP contribution in [0.4, 0.5) is 0 Å². The van der Waals surface area contributed by atoms with Crippen molar-refractivity contribution < 1.29 is 200 Å². The van der Waals surface area contributed by atoms with E-state index in [0.29, 0.717) is 51.7 Å². The van der Waals surface area contributed by atoms with E-state index < -0.39 is 5.60 Å². The molecule has 0 atom stereocenters. The number of aromatic hydroxyl groups is 1. The van der Waals surface area contributed by atoms with Gasteiger partial charge in [0.25, 0.3) is 6.47 Å². The Morgan fingerprint density at radius 2 is 1.19 bits per heavy atom. The number of halogens is 4. The van der Waals surface area contributed by atoms with Gasteiger partial charge in [-0.25, -0.2) is 0 Å². The number of carbonyl (C=O) groups excluding carboxylic acids is 3. The molecule has 0 aliphatic carbocycles. The van der Waals surface area contributed by atoms with Gasteiger partial charge in [0, 0.05) is 16.1 Å². The number of benzene rings is 3. The Morgan fingerprint density at radius 1 is 0.830 bits per heavy atom. The van der Waals surface area contributed by atoms with Gasteiger partial charge in [-0.05, 0) is 59.0 Å². The molecule has 3 aromatic carbocycles. The molecule has 17 heteroatoms. The first-order chi connectivity index (χ1) is 20.7. The molecular weight excluding hydrogens is 869 g/mol. The van der Waals surface area contributed by atoms with E-state index in [1.165, 1.54) is 18.2 Å². The Bertz CT molecular complexity index is 1310. The van der Waals surface area contributed by atoms with E-state index in [1.54, 1.807) is 71.4 Å². The van der Waals surface area contributed by atoms with Gasteiger partial charge in [-0.15, -0.1) is 5.60 Å². The summed E-state index contributed by atoms with van der Waals surface area (Å²) < 4.78 is 9.85. The second-order valence-electron chi connectivity index (χ2n) is 8.43. The molecule has 47 heavy (non-hydrogen) atoms. The predicted octanol–water partition coefficient (Wildman–Crippen LogP) is -2.81. The minimum absolute atomic E-state index is 0. The Morgan fingerprint density at radius 3 is 1.49 bits per heavy atom. The molecule has 0 amide bonds. The number of aldehydes is 2. The fourth-order valence-electron chi connectivity index (χ4n) is 2.23. The van der Waals surface area contributed by atoms with Crippen molar-refractivity contribution in [2.75, 3.05) is 19.2 Å². The zero-order chi connectivity index (χ0) is 34.7. The summed E-state index contributed by atoms with van der Waals surface area (Å²) in [5, 5.41) is 37.1. The summed E-state index contributed by atoms with van der Waals surface area (Å²) >= 11 is 19.2. The number of nitrogens with zero attached hydrogens (tertiary/aromatic N) is 1. The quantitative estimate of drug-likeness (QED) is 0.0682. The van der Waals surface area contributed by atoms with E-state index in [-0.39, 0.29) is 173 Å². The van der Waals surface area contributed by atoms with E-state index in [9.17, 15) is 14.7 Å². The fraction of sp³-hybridized carbons (Fsp3) is 0.267. The SMILES string of the molecule is CC(C)(C)[O-].CI.COc1ccc(C=O)c(Cl)c1.COc1ccc(CC#N)c(Cl)c1.O=CO[O-].O=Cc1ccc(O)cc1Cl.[H-].[K+].[K+].[K+]. The molecule has 0 radical (unpaired) electrons. The van der Waals surface area contributed by atoms with Crippen molar-refractivity contribution in [2.45, 2.75) is 32.8 Å². The van der Waals surface area contributed by atoms with Gasteiger partial charge in [-0.1, -0.05) is 84.2 Å². The van der Waals surface area contributed by atoms with Crippen LogP contribution in [-0.4, -0.2) is 48.9 Å². The molecule has 244 valence electrons. The summed E-state index contributed by atoms with van der Waals surface area (Å²) in [5.74, 6) is 1.43. The van der Waals surface area contributed by atoms with Crippen molar-refractivity contribution >= 4 is 76.4 Å². The van der Waals surface area contributed by atoms with Crippen LogP contribution in [0.2, 0.25) is 15.1 Å². The zero-order valence-electron chi connectivity index (χ0n) is 28.8. The molecule has 0 fully saturated rings. The molecule has 0 spiro atoms. The van der Waals surface area contributed by atoms with E-state index in [1.807, 2.05) is 11.0 Å². The maximum absolute atomic E-state index is 10.3. The number of carbonyl (C=O) groups is 3. The largest absolute Gasteiger partial charge is 1.00 e. The molecule has 3 rings (SSSR count). The summed E-state index contributed by atoms with van der Waals surface area (Å²) in [7, 11) is 3.13. The molecule has 0 aliphatic rings. The smallest absolute Gasteiger partial charge is 1.00 e. The number of hydrogen-bond donors (Lipinski definition) is 1. The number of alkyl halides is 1. The second-order valence-corrected chi connectivity index (χ2v) is 9.65. The number of ether oxygens (including phenoxy) is 2. The van der Waals surface area contributed by atoms with Crippen LogP contribution in [-0.2, 0) is 16.1 Å². The van der Waals surface area contributed by atoms with Gasteiger partial charge in [0.15, 0.2) is 12.6 Å². The van der Waals surface area contributed by atoms with Crippen molar-refractivity contribution in [3.05, 3.63) is 86.4 Å². The van der Waals surface area contributed by atoms with Gasteiger partial charge in [0.05, 0.1) is 36.8 Å². The van der Waals surface area contributed by atoms with Crippen molar-refractivity contribution in [2.24, 2.45) is 0 Å². The Balaban J connectivity index is -0.0000000883. The van der Waals surface area contributed by atoms with Crippen molar-refractivity contribution in [1.82, 2.24) is 0 Å². The second kappa shape index (κ2) is 39.0. The van der Waals surface area contributed by atoms with E-state index in [2.05, 4.69) is 27.5 Å². The molecular formula is C30H34Cl3IK3NO9. The van der Waals surface area contributed by atoms with E-state index in [0.717, 1.165) is 5.56 Å². The van der Waals surface area contributed by atoms with Gasteiger partial charge in [-0.3, -0.25) is 14.4 Å². The average molecular weight is 903 g/mol. The molecule has 0 aliphatic heterocycles. The molecule has 10 nitrogen and oxygen atoms in total. The summed E-state index contributed by atoms with van der Waals surface area (Å²) in [4.78, 5) is 33.7. The molecule has 3 aromatic rings. The third-order valence-electron chi connectivity index (χ3n) is 4.01. The van der Waals surface area contributed by atoms with Crippen LogP contribution in [0.5, 0.6) is 17.2 Å². The maximum atomic E-state index is 10.3. The first-order valence-corrected chi connectivity index (χ1v) is 15.2. The average Bonchev–Trinajstić information content (AvgIpc) is 2.99. The summed E-state index contributed by atoms with van der Waals surface area (Å²) in [5.41, 5.74) is 0.951. The standard InChI is InChI=1S/C9H8ClNO.C8H7ClO2.C7H5ClO2.C4H9O.CH3I.CH2O3.3K.H/c1-12-8-3-2-7(4-5-11)9(10)6-8;1-11-7-3-2-6(5-10)8(9)4-7;8-7-3-6(10)2-1-5(7)4-9;1-4(2,3)5;1-2;2-1-4-3;;;;/h2-3,6H,4H2,1H3;2-5H,1H3;1-4,10H;1-3H3;1H3;1,3H;;;;/q;;;-1;;;3*+1;-1/p-1. The summed E-state index contributed by atoms with van der Waals surface area (Å²) in [6.45, 7) is 4.72. The van der Waals surface area contributed by atoms with Gasteiger partial charge in [0.1, 0.15) is 17.2 Å². The number of hydrogen-bond acceptors (Lipinski definition) is 10. The molecule has 0 saturated carbocycles. The van der Waals surface area contributed by atoms with Crippen molar-refractivity contribution in [1.29, 1.82) is 5.26 Å². The maximum Gasteiger partial charge on any atom is 1.00 e. The minimum Gasteiger partial charge on any atom is -1.00 e. The third kappa shape index (κ3) is 36.0. The number of rotatable bonds is 6. The molecule has 1 N–H and O–H groups in total. The van der Waals surface area contributed by atoms with Crippen LogP contribution >= 0.6 is 57.4 Å². The van der Waals surface area contributed by atoms with Gasteiger partial charge in [0.2, 0.25) is 0 Å². The van der Waals surface area contributed by atoms with Crippen molar-refractivity contribution in [3.8, 4) is 23.3 Å². The number of nitriles is 1. The first-order valence-electron chi connectivity index (χ1n) is 11.9. The van der Waals surface area contributed by atoms with E-state index >= 15 is 0 Å². The topological polar surface area (TPSA) is 169 Å². The molecule has 0 unspecified atom stereocenters. The normalized spacial score (nSPS) is 8.32. The summed E-state index contributed by atoms with van der Waals surface area (Å²) in [6.07, 6.45) is 1.69. The summed E-state index contributed by atoms with van der Waals surface area (Å²) in [6, 6.07) is 16.4. The monoisotopic (exact) mass is 901 g/mol. The Labute approximate surface area is 434 Å². The molecule has 0 heterocycles. The van der Waals surface area contributed by atoms with Crippen LogP contribution < -0.4 is 174 Å². The molecule has 0 saturated heterocycles. The van der Waals surface area contributed by atoms with Crippen LogP contribution in [0.25, 0.3) is 0 Å². The van der Waals surface area contributed by atoms with E-state index in [4.69, 9.17) is 64.7 Å². The minimum atomic E-state index is -0.750. The third-order valence-corrected chi connectivity index (χ3v) is 5.02. The van der Waals surface area contributed by atoms with Crippen LogP contribution in [0.3, 0.4) is 0 Å². The number of phenolic OH excluding ortho intramolecular Hbond substituents is 1. The van der Waals surface area contributed by atoms with Crippen molar-refractivity contribution in [3.63, 3.8) is 0 Å². The first kappa shape index (κ1) is 60.9. The Hall–Kier alpha value is 1.79. The number of phenols is 1. The molecule has 0 aromatic heterocycles. The van der Waals surface area contributed by atoms with Gasteiger partial charge in [-0.2, -0.15) is 5.26 Å². The zero-order valence-corrected chi connectivity index (χ0v) is 41.6. The molecule has 0 bridgehead atoms. The predicted molar refractivity (Wildman–Crippen MR) is 177 cm³/mol. The van der Waals surface area contributed by atoms with Crippen LogP contribution in [0.1, 0.15) is 48.5 Å². The number of methoxy groups -OCH3 is 2. The van der Waals surface area contributed by atoms with Gasteiger partial charge >= 0.3 is 154 Å². The Kier molecular flexibility index (Phi) is 50.5. The van der Waals surface area contributed by atoms with Gasteiger partial charge < -0.3 is 31.3 Å². The fourth-order valence-corrected chi connectivity index (χ4v) is 2.90. The van der Waals surface area contributed by atoms with Crippen LogP contribution in [0.15, 0.2) is 54.6 Å². The van der Waals surface area contributed by atoms with Crippen LogP contribution in [0, 0.1) is 11.3 Å².